The van der Waals surface area contributed by atoms with E-state index in [1.165, 1.54) is 0 Å². The Balaban J connectivity index is 2.97. The van der Waals surface area contributed by atoms with Crippen molar-refractivity contribution in [2.45, 2.75) is 39.8 Å². The van der Waals surface area contributed by atoms with Crippen molar-refractivity contribution in [3.63, 3.8) is 0 Å². The third kappa shape index (κ3) is 3.68. The molecule has 0 amide bonds. The maximum absolute atomic E-state index is 6.31. The van der Waals surface area contributed by atoms with Gasteiger partial charge >= 0.3 is 0 Å². The van der Waals surface area contributed by atoms with Crippen molar-refractivity contribution < 1.29 is 9.47 Å². The minimum absolute atomic E-state index is 0.0293. The van der Waals surface area contributed by atoms with Gasteiger partial charge in [-0.2, -0.15) is 0 Å². The maximum atomic E-state index is 6.31. The van der Waals surface area contributed by atoms with Crippen LogP contribution in [0.5, 0.6) is 5.75 Å². The van der Waals surface area contributed by atoms with Gasteiger partial charge < -0.3 is 15.2 Å². The van der Waals surface area contributed by atoms with E-state index in [0.29, 0.717) is 12.4 Å². The van der Waals surface area contributed by atoms with Crippen LogP contribution in [0.1, 0.15) is 39.3 Å². The highest BCUT2D eigenvalue weighted by atomic mass is 16.5. The molecule has 4 heteroatoms. The van der Waals surface area contributed by atoms with Crippen LogP contribution >= 0.6 is 0 Å². The second kappa shape index (κ2) is 6.16. The fourth-order valence-electron chi connectivity index (χ4n) is 1.98. The first-order chi connectivity index (χ1) is 8.40. The molecule has 1 rings (SSSR count). The van der Waals surface area contributed by atoms with Crippen molar-refractivity contribution in [1.29, 1.82) is 0 Å². The van der Waals surface area contributed by atoms with E-state index < -0.39 is 0 Å². The summed E-state index contributed by atoms with van der Waals surface area (Å²) in [7, 11) is 1.62. The third-order valence-corrected chi connectivity index (χ3v) is 2.88. The summed E-state index contributed by atoms with van der Waals surface area (Å²) in [4.78, 5) is 4.14. The number of nitrogens with zero attached hydrogens (tertiary/aromatic N) is 1. The van der Waals surface area contributed by atoms with Crippen molar-refractivity contribution in [3.05, 3.63) is 24.0 Å². The van der Waals surface area contributed by atoms with Gasteiger partial charge in [0, 0.05) is 12.8 Å². The standard InChI is InChI=1S/C14H24N2O2/c1-6-18-13(14(2,3)4)12(15)10-7-11(17-5)9-16-8-10/h7-9,12-13H,6,15H2,1-5H3. The molecule has 0 saturated heterocycles. The van der Waals surface area contributed by atoms with Crippen molar-refractivity contribution in [1.82, 2.24) is 4.98 Å². The third-order valence-electron chi connectivity index (χ3n) is 2.88. The van der Waals surface area contributed by atoms with Crippen LogP contribution in [0.4, 0.5) is 0 Å². The molecular weight excluding hydrogens is 228 g/mol. The quantitative estimate of drug-likeness (QED) is 0.875. The zero-order chi connectivity index (χ0) is 13.8. The van der Waals surface area contributed by atoms with Crippen molar-refractivity contribution in [3.8, 4) is 5.75 Å². The summed E-state index contributed by atoms with van der Waals surface area (Å²) in [5, 5.41) is 0. The fourth-order valence-corrected chi connectivity index (χ4v) is 1.98. The Morgan fingerprint density at radius 2 is 2.00 bits per heavy atom. The van der Waals surface area contributed by atoms with E-state index >= 15 is 0 Å². The molecule has 2 atom stereocenters. The first-order valence-electron chi connectivity index (χ1n) is 6.26. The van der Waals surface area contributed by atoms with Crippen LogP contribution in [0.25, 0.3) is 0 Å². The molecule has 4 nitrogen and oxygen atoms in total. The molecule has 18 heavy (non-hydrogen) atoms. The normalized spacial score (nSPS) is 15.2. The van der Waals surface area contributed by atoms with Crippen LogP contribution in [0.2, 0.25) is 0 Å². The molecule has 2 unspecified atom stereocenters. The van der Waals surface area contributed by atoms with Gasteiger partial charge in [0.25, 0.3) is 0 Å². The molecule has 0 aliphatic rings. The second-order valence-electron chi connectivity index (χ2n) is 5.43. The lowest BCUT2D eigenvalue weighted by molar-refractivity contribution is -0.0283. The lowest BCUT2D eigenvalue weighted by Gasteiger charge is -2.35. The molecule has 1 aromatic rings. The van der Waals surface area contributed by atoms with Crippen molar-refractivity contribution in [2.24, 2.45) is 11.1 Å². The number of hydrogen-bond acceptors (Lipinski definition) is 4. The molecule has 0 aliphatic heterocycles. The van der Waals surface area contributed by atoms with Crippen molar-refractivity contribution in [2.75, 3.05) is 13.7 Å². The zero-order valence-corrected chi connectivity index (χ0v) is 11.9. The van der Waals surface area contributed by atoms with Gasteiger partial charge in [0.1, 0.15) is 5.75 Å². The predicted octanol–water partition coefficient (Wildman–Crippen LogP) is 2.54. The number of rotatable bonds is 5. The van der Waals surface area contributed by atoms with Crippen molar-refractivity contribution >= 4 is 0 Å². The summed E-state index contributed by atoms with van der Waals surface area (Å²) in [6.45, 7) is 9.00. The number of nitrogens with two attached hydrogens (primary N) is 1. The summed E-state index contributed by atoms with van der Waals surface area (Å²) < 4.78 is 11.0. The van der Waals surface area contributed by atoms with E-state index in [1.807, 2.05) is 13.0 Å². The molecule has 0 aromatic carbocycles. The Labute approximate surface area is 110 Å². The summed E-state index contributed by atoms with van der Waals surface area (Å²) in [5.41, 5.74) is 7.22. The van der Waals surface area contributed by atoms with Gasteiger partial charge in [0.15, 0.2) is 0 Å². The molecule has 0 saturated carbocycles. The van der Waals surface area contributed by atoms with Crippen LogP contribution in [0.3, 0.4) is 0 Å². The highest BCUT2D eigenvalue weighted by Gasteiger charge is 2.32. The van der Waals surface area contributed by atoms with E-state index in [-0.39, 0.29) is 17.6 Å². The second-order valence-corrected chi connectivity index (χ2v) is 5.43. The SMILES string of the molecule is CCOC(C(N)c1cncc(OC)c1)C(C)(C)C. The Morgan fingerprint density at radius 3 is 2.50 bits per heavy atom. The molecule has 0 aliphatic carbocycles. The van der Waals surface area contributed by atoms with Crippen LogP contribution in [-0.4, -0.2) is 24.8 Å². The van der Waals surface area contributed by atoms with Gasteiger partial charge in [-0.15, -0.1) is 0 Å². The first kappa shape index (κ1) is 14.9. The molecule has 102 valence electrons. The Kier molecular flexibility index (Phi) is 5.11. The summed E-state index contributed by atoms with van der Waals surface area (Å²) in [6, 6.07) is 1.70. The van der Waals surface area contributed by atoms with Crippen LogP contribution < -0.4 is 10.5 Å². The molecule has 1 aromatic heterocycles. The summed E-state index contributed by atoms with van der Waals surface area (Å²) >= 11 is 0. The molecule has 0 bridgehead atoms. The van der Waals surface area contributed by atoms with Crippen LogP contribution in [-0.2, 0) is 4.74 Å². The van der Waals surface area contributed by atoms with Gasteiger partial charge in [-0.05, 0) is 24.0 Å². The molecule has 0 fully saturated rings. The van der Waals surface area contributed by atoms with Gasteiger partial charge in [0.2, 0.25) is 0 Å². The van der Waals surface area contributed by atoms with Gasteiger partial charge in [-0.1, -0.05) is 20.8 Å². The zero-order valence-electron chi connectivity index (χ0n) is 11.9. The van der Waals surface area contributed by atoms with Crippen LogP contribution in [0.15, 0.2) is 18.5 Å². The summed E-state index contributed by atoms with van der Waals surface area (Å²) in [6.07, 6.45) is 3.38. The Hall–Kier alpha value is -1.13. The lowest BCUT2D eigenvalue weighted by Crippen LogP contribution is -2.39. The maximum Gasteiger partial charge on any atom is 0.137 e. The average Bonchev–Trinajstić information content (AvgIpc) is 2.34. The van der Waals surface area contributed by atoms with E-state index in [0.717, 1.165) is 5.56 Å². The number of pyridine rings is 1. The number of hydrogen-bond donors (Lipinski definition) is 1. The fraction of sp³-hybridized carbons (Fsp3) is 0.643. The van der Waals surface area contributed by atoms with Gasteiger partial charge in [0.05, 0.1) is 25.5 Å². The minimum Gasteiger partial charge on any atom is -0.495 e. The molecule has 2 N–H and O–H groups in total. The van der Waals surface area contributed by atoms with Gasteiger partial charge in [-0.3, -0.25) is 4.98 Å². The lowest BCUT2D eigenvalue weighted by atomic mass is 9.82. The van der Waals surface area contributed by atoms with Gasteiger partial charge in [-0.25, -0.2) is 0 Å². The highest BCUT2D eigenvalue weighted by molar-refractivity contribution is 5.26. The predicted molar refractivity (Wildman–Crippen MR) is 72.6 cm³/mol. The van der Waals surface area contributed by atoms with E-state index in [4.69, 9.17) is 15.2 Å². The molecular formula is C14H24N2O2. The molecule has 1 heterocycles. The van der Waals surface area contributed by atoms with E-state index in [2.05, 4.69) is 25.8 Å². The van der Waals surface area contributed by atoms with E-state index in [9.17, 15) is 0 Å². The largest absolute Gasteiger partial charge is 0.495 e. The highest BCUT2D eigenvalue weighted by Crippen LogP contribution is 2.32. The topological polar surface area (TPSA) is 57.4 Å². The van der Waals surface area contributed by atoms with E-state index in [1.54, 1.807) is 19.5 Å². The number of methoxy groups -OCH3 is 1. The smallest absolute Gasteiger partial charge is 0.137 e. The summed E-state index contributed by atoms with van der Waals surface area (Å²) in [5.74, 6) is 0.715. The van der Waals surface area contributed by atoms with Crippen LogP contribution in [0, 0.1) is 5.41 Å². The number of aromatic nitrogens is 1. The minimum atomic E-state index is -0.215. The molecule has 0 radical (unpaired) electrons. The molecule has 0 spiro atoms. The monoisotopic (exact) mass is 252 g/mol. The first-order valence-corrected chi connectivity index (χ1v) is 6.26. The number of ether oxygens (including phenoxy) is 2. The average molecular weight is 252 g/mol. The Morgan fingerprint density at radius 1 is 1.33 bits per heavy atom. The Bertz CT molecular complexity index is 374.